The Morgan fingerprint density at radius 1 is 1.05 bits per heavy atom. The molecule has 0 bridgehead atoms. The van der Waals surface area contributed by atoms with Gasteiger partial charge in [-0.05, 0) is 36.3 Å². The Morgan fingerprint density at radius 3 is 2.22 bits per heavy atom. The number of pyridine rings is 1. The lowest BCUT2D eigenvalue weighted by Gasteiger charge is -2.39. The highest BCUT2D eigenvalue weighted by molar-refractivity contribution is 7.94. The van der Waals surface area contributed by atoms with Gasteiger partial charge in [-0.15, -0.1) is 0 Å². The van der Waals surface area contributed by atoms with E-state index in [1.54, 1.807) is 66.7 Å². The number of amides is 2. The van der Waals surface area contributed by atoms with Crippen LogP contribution in [0.4, 0.5) is 4.79 Å². The Hall–Kier alpha value is -4.84. The van der Waals surface area contributed by atoms with Gasteiger partial charge in [0.25, 0.3) is 5.91 Å². The highest BCUT2D eigenvalue weighted by atomic mass is 32.2. The molecule has 11 nitrogen and oxygen atoms in total. The van der Waals surface area contributed by atoms with Gasteiger partial charge in [-0.1, -0.05) is 66.7 Å². The van der Waals surface area contributed by atoms with Gasteiger partial charge in [0.2, 0.25) is 0 Å². The van der Waals surface area contributed by atoms with Crippen molar-refractivity contribution < 1.29 is 32.3 Å². The summed E-state index contributed by atoms with van der Waals surface area (Å²) in [5.74, 6) is -1.65. The van der Waals surface area contributed by atoms with E-state index in [0.29, 0.717) is 23.2 Å². The number of sulfone groups is 1. The first kappa shape index (κ1) is 27.7. The largest absolute Gasteiger partial charge is 0.451 e. The quantitative estimate of drug-likeness (QED) is 0.137. The Labute approximate surface area is 236 Å². The Bertz CT molecular complexity index is 1580. The molecule has 2 aliphatic rings. The van der Waals surface area contributed by atoms with Crippen molar-refractivity contribution in [3.05, 3.63) is 107 Å². The van der Waals surface area contributed by atoms with Crippen LogP contribution >= 0.6 is 0 Å². The Kier molecular flexibility index (Phi) is 7.41. The summed E-state index contributed by atoms with van der Waals surface area (Å²) in [6.07, 6.45) is 1.46. The third-order valence-electron chi connectivity index (χ3n) is 7.13. The number of aromatic nitrogens is 1. The summed E-state index contributed by atoms with van der Waals surface area (Å²) in [4.78, 5) is 44.5. The lowest BCUT2D eigenvalue weighted by molar-refractivity contribution is -0.161. The van der Waals surface area contributed by atoms with E-state index in [1.165, 1.54) is 19.2 Å². The van der Waals surface area contributed by atoms with E-state index < -0.39 is 56.7 Å². The molecule has 2 amide bonds. The number of benzene rings is 2. The minimum atomic E-state index is -4.35. The molecule has 5 rings (SSSR count). The van der Waals surface area contributed by atoms with Gasteiger partial charge >= 0.3 is 12.1 Å². The van der Waals surface area contributed by atoms with Crippen molar-refractivity contribution in [2.75, 3.05) is 6.61 Å². The standard InChI is InChI=1S/C29H26N4O7S/c1-29(17-39-28(36)32-18-30)24(27(35)40-23(19-10-4-2-5-11-19)20-12-6-3-7-13-20)33-25(34)22(26(33)41(29,37)38)16-21-14-8-9-15-31-21/h2-16,18,23-24,26H,17H2,1H3,(H2,30,32,36)/b22-16-/t24-,26+,29-/m0/s1. The van der Waals surface area contributed by atoms with Crippen LogP contribution in [0.25, 0.3) is 6.08 Å². The minimum absolute atomic E-state index is 0.0585. The Morgan fingerprint density at radius 2 is 1.66 bits per heavy atom. The van der Waals surface area contributed by atoms with Crippen LogP contribution < -0.4 is 5.32 Å². The smallest absolute Gasteiger partial charge is 0.412 e. The predicted molar refractivity (Wildman–Crippen MR) is 148 cm³/mol. The van der Waals surface area contributed by atoms with E-state index in [1.807, 2.05) is 17.4 Å². The number of fused-ring (bicyclic) bond motifs is 1. The van der Waals surface area contributed by atoms with Gasteiger partial charge in [0.05, 0.1) is 17.6 Å². The molecule has 0 aliphatic carbocycles. The molecule has 2 saturated heterocycles. The minimum Gasteiger partial charge on any atom is -0.451 e. The van der Waals surface area contributed by atoms with Crippen LogP contribution in [0.1, 0.15) is 29.8 Å². The van der Waals surface area contributed by atoms with Gasteiger partial charge < -0.3 is 14.4 Å². The van der Waals surface area contributed by atoms with E-state index in [0.717, 1.165) is 4.90 Å². The topological polar surface area (TPSA) is 156 Å². The first-order valence-electron chi connectivity index (χ1n) is 12.6. The summed E-state index contributed by atoms with van der Waals surface area (Å²) in [6.45, 7) is 0.475. The first-order valence-corrected chi connectivity index (χ1v) is 14.1. The predicted octanol–water partition coefficient (Wildman–Crippen LogP) is 2.86. The molecule has 2 N–H and O–H groups in total. The number of nitrogens with zero attached hydrogens (tertiary/aromatic N) is 2. The molecular weight excluding hydrogens is 548 g/mol. The molecule has 41 heavy (non-hydrogen) atoms. The van der Waals surface area contributed by atoms with Crippen LogP contribution in [-0.4, -0.2) is 65.4 Å². The monoisotopic (exact) mass is 574 g/mol. The third kappa shape index (κ3) is 4.86. The lowest BCUT2D eigenvalue weighted by Crippen LogP contribution is -2.60. The molecule has 2 aromatic carbocycles. The summed E-state index contributed by atoms with van der Waals surface area (Å²) in [5, 5.41) is 7.55. The highest BCUT2D eigenvalue weighted by Gasteiger charge is 2.73. The fourth-order valence-electron chi connectivity index (χ4n) is 5.07. The van der Waals surface area contributed by atoms with Crippen molar-refractivity contribution in [2.24, 2.45) is 0 Å². The fraction of sp³-hybridized carbons (Fsp3) is 0.207. The third-order valence-corrected chi connectivity index (χ3v) is 9.84. The number of carbonyl (C=O) groups excluding carboxylic acids is 3. The van der Waals surface area contributed by atoms with Gasteiger partial charge in [0.15, 0.2) is 27.4 Å². The SMILES string of the molecule is C[C@]1(COC(=O)NC=N)[C@H](C(=O)OC(c2ccccc2)c2ccccc2)N2C(=O)/C(=C/c3ccccn3)[C@H]2S1(=O)=O. The summed E-state index contributed by atoms with van der Waals surface area (Å²) in [5.41, 5.74) is 1.59. The fourth-order valence-corrected chi connectivity index (χ4v) is 7.34. The molecule has 210 valence electrons. The average Bonchev–Trinajstić information content (AvgIpc) is 3.15. The maximum absolute atomic E-state index is 14.0. The summed E-state index contributed by atoms with van der Waals surface area (Å²) in [6, 6.07) is 21.2. The first-order chi connectivity index (χ1) is 19.7. The second kappa shape index (κ2) is 11.0. The number of alkyl carbamates (subject to hydrolysis) is 1. The molecule has 2 aliphatic heterocycles. The number of carbonyl (C=O) groups is 3. The van der Waals surface area contributed by atoms with Gasteiger partial charge in [0, 0.05) is 6.20 Å². The number of β-lactam (4-membered cyclic amide) rings is 1. The Balaban J connectivity index is 1.55. The van der Waals surface area contributed by atoms with E-state index in [4.69, 9.17) is 14.9 Å². The lowest BCUT2D eigenvalue weighted by atomic mass is 9.94. The van der Waals surface area contributed by atoms with Crippen molar-refractivity contribution in [2.45, 2.75) is 29.2 Å². The molecule has 3 aromatic rings. The van der Waals surface area contributed by atoms with Gasteiger partial charge in [0.1, 0.15) is 11.4 Å². The number of nitrogens with one attached hydrogen (secondary N) is 2. The second-order valence-corrected chi connectivity index (χ2v) is 12.2. The van der Waals surface area contributed by atoms with Gasteiger partial charge in [-0.25, -0.2) is 18.0 Å². The molecule has 12 heteroatoms. The summed E-state index contributed by atoms with van der Waals surface area (Å²) in [7, 11) is -4.35. The number of hydrogen-bond donors (Lipinski definition) is 2. The molecule has 3 heterocycles. The average molecular weight is 575 g/mol. The van der Waals surface area contributed by atoms with E-state index >= 15 is 0 Å². The molecule has 2 fully saturated rings. The molecular formula is C29H26N4O7S. The zero-order chi connectivity index (χ0) is 29.2. The van der Waals surface area contributed by atoms with E-state index in [9.17, 15) is 22.8 Å². The van der Waals surface area contributed by atoms with Crippen LogP contribution in [0.15, 0.2) is 90.6 Å². The maximum atomic E-state index is 14.0. The van der Waals surface area contributed by atoms with Crippen molar-refractivity contribution in [3.8, 4) is 0 Å². The maximum Gasteiger partial charge on any atom is 0.412 e. The highest BCUT2D eigenvalue weighted by Crippen LogP contribution is 2.50. The summed E-state index contributed by atoms with van der Waals surface area (Å²) >= 11 is 0. The zero-order valence-electron chi connectivity index (χ0n) is 21.8. The van der Waals surface area contributed by atoms with Gasteiger partial charge in [-0.2, -0.15) is 0 Å². The summed E-state index contributed by atoms with van der Waals surface area (Å²) < 4.78 is 37.1. The number of hydrogen-bond acceptors (Lipinski definition) is 9. The zero-order valence-corrected chi connectivity index (χ0v) is 22.7. The van der Waals surface area contributed by atoms with Crippen molar-refractivity contribution in [1.29, 1.82) is 5.41 Å². The molecule has 3 atom stereocenters. The van der Waals surface area contributed by atoms with Crippen molar-refractivity contribution in [1.82, 2.24) is 15.2 Å². The molecule has 0 spiro atoms. The van der Waals surface area contributed by atoms with E-state index in [-0.39, 0.29) is 5.57 Å². The van der Waals surface area contributed by atoms with Crippen LogP contribution in [0.3, 0.4) is 0 Å². The number of esters is 1. The molecule has 0 radical (unpaired) electrons. The van der Waals surface area contributed by atoms with Crippen molar-refractivity contribution >= 4 is 40.2 Å². The van der Waals surface area contributed by atoms with Crippen LogP contribution in [0, 0.1) is 5.41 Å². The number of ether oxygens (including phenoxy) is 2. The van der Waals surface area contributed by atoms with Crippen LogP contribution in [0.2, 0.25) is 0 Å². The van der Waals surface area contributed by atoms with E-state index in [2.05, 4.69) is 4.98 Å². The molecule has 0 saturated carbocycles. The molecule has 1 aromatic heterocycles. The normalized spacial score (nSPS) is 23.4. The molecule has 0 unspecified atom stereocenters. The number of rotatable bonds is 8. The van der Waals surface area contributed by atoms with Crippen LogP contribution in [0.5, 0.6) is 0 Å². The van der Waals surface area contributed by atoms with Crippen molar-refractivity contribution in [3.63, 3.8) is 0 Å². The second-order valence-electron chi connectivity index (χ2n) is 9.68. The van der Waals surface area contributed by atoms with Gasteiger partial charge in [-0.3, -0.25) is 20.5 Å². The van der Waals surface area contributed by atoms with Crippen LogP contribution in [-0.2, 0) is 28.9 Å².